The molecule has 1 saturated heterocycles. The van der Waals surface area contributed by atoms with Crippen molar-refractivity contribution in [2.24, 2.45) is 5.92 Å². The molecule has 2 heterocycles. The Hall–Kier alpha value is -1.85. The summed E-state index contributed by atoms with van der Waals surface area (Å²) in [7, 11) is 0. The number of piperidine rings is 1. The number of nitrogens with one attached hydrogen (secondary N) is 1. The topological polar surface area (TPSA) is 65.7 Å². The highest BCUT2D eigenvalue weighted by Crippen LogP contribution is 2.35. The summed E-state index contributed by atoms with van der Waals surface area (Å²) in [5.41, 5.74) is 1.10. The standard InChI is InChI=1S/C25H36N2O3/c1-25(2,29)24(28)26-20-9-7-18(8-10-20)11-14-27-15-12-19(13-16-27)22-17-30-23-6-4-3-5-21(22)23/h3-6,17-20,29H,7-16H2,1-2H3,(H,26,28)/t18-,20-. The molecule has 5 nitrogen and oxygen atoms in total. The van der Waals surface area contributed by atoms with Gasteiger partial charge in [0, 0.05) is 17.0 Å². The highest BCUT2D eigenvalue weighted by atomic mass is 16.3. The molecule has 30 heavy (non-hydrogen) atoms. The second-order valence-electron chi connectivity index (χ2n) is 9.84. The third-order valence-electron chi connectivity index (χ3n) is 7.13. The van der Waals surface area contributed by atoms with Crippen LogP contribution in [-0.4, -0.2) is 47.2 Å². The first-order valence-corrected chi connectivity index (χ1v) is 11.6. The highest BCUT2D eigenvalue weighted by molar-refractivity contribution is 5.84. The van der Waals surface area contributed by atoms with Gasteiger partial charge in [-0.05, 0) is 96.3 Å². The smallest absolute Gasteiger partial charge is 0.251 e. The number of hydrogen-bond donors (Lipinski definition) is 2. The average Bonchev–Trinajstić information content (AvgIpc) is 3.17. The quantitative estimate of drug-likeness (QED) is 0.736. The van der Waals surface area contributed by atoms with Gasteiger partial charge in [0.1, 0.15) is 11.2 Å². The molecule has 1 saturated carbocycles. The highest BCUT2D eigenvalue weighted by Gasteiger charge is 2.29. The van der Waals surface area contributed by atoms with E-state index in [-0.39, 0.29) is 11.9 Å². The van der Waals surface area contributed by atoms with E-state index in [0.717, 1.165) is 24.3 Å². The van der Waals surface area contributed by atoms with Crippen LogP contribution in [0.4, 0.5) is 0 Å². The molecule has 5 heteroatoms. The fourth-order valence-corrected chi connectivity index (χ4v) is 5.10. The summed E-state index contributed by atoms with van der Waals surface area (Å²) in [6.45, 7) is 6.62. The van der Waals surface area contributed by atoms with Gasteiger partial charge < -0.3 is 19.7 Å². The predicted molar refractivity (Wildman–Crippen MR) is 119 cm³/mol. The molecule has 1 aliphatic carbocycles. The third kappa shape index (κ3) is 5.06. The zero-order valence-electron chi connectivity index (χ0n) is 18.4. The van der Waals surface area contributed by atoms with E-state index in [1.807, 2.05) is 12.3 Å². The molecule has 1 aromatic carbocycles. The van der Waals surface area contributed by atoms with Crippen molar-refractivity contribution in [3.63, 3.8) is 0 Å². The number of amides is 1. The van der Waals surface area contributed by atoms with Gasteiger partial charge >= 0.3 is 0 Å². The van der Waals surface area contributed by atoms with Crippen LogP contribution >= 0.6 is 0 Å². The van der Waals surface area contributed by atoms with E-state index in [1.165, 1.54) is 62.7 Å². The van der Waals surface area contributed by atoms with Gasteiger partial charge in [-0.25, -0.2) is 0 Å². The lowest BCUT2D eigenvalue weighted by Gasteiger charge is -2.34. The molecule has 1 aliphatic heterocycles. The molecule has 0 atom stereocenters. The summed E-state index contributed by atoms with van der Waals surface area (Å²) in [5.74, 6) is 1.12. The molecule has 1 amide bonds. The summed E-state index contributed by atoms with van der Waals surface area (Å²) in [6.07, 6.45) is 10.1. The molecule has 2 fully saturated rings. The fourth-order valence-electron chi connectivity index (χ4n) is 5.10. The first kappa shape index (κ1) is 21.4. The van der Waals surface area contributed by atoms with Gasteiger partial charge in [-0.1, -0.05) is 18.2 Å². The van der Waals surface area contributed by atoms with Crippen LogP contribution in [0.1, 0.15) is 70.3 Å². The second-order valence-corrected chi connectivity index (χ2v) is 9.84. The maximum absolute atomic E-state index is 12.0. The lowest BCUT2D eigenvalue weighted by atomic mass is 9.83. The van der Waals surface area contributed by atoms with Crippen molar-refractivity contribution in [2.75, 3.05) is 19.6 Å². The van der Waals surface area contributed by atoms with Crippen LogP contribution in [0, 0.1) is 5.92 Å². The zero-order chi connectivity index (χ0) is 21.1. The van der Waals surface area contributed by atoms with Crippen molar-refractivity contribution < 1.29 is 14.3 Å². The van der Waals surface area contributed by atoms with E-state index in [2.05, 4.69) is 28.4 Å². The molecule has 4 rings (SSSR count). The van der Waals surface area contributed by atoms with Crippen LogP contribution in [-0.2, 0) is 4.79 Å². The van der Waals surface area contributed by atoms with Gasteiger partial charge in [0.25, 0.3) is 5.91 Å². The number of benzene rings is 1. The number of furan rings is 1. The Balaban J connectivity index is 1.17. The van der Waals surface area contributed by atoms with Crippen LogP contribution in [0.15, 0.2) is 34.9 Å². The van der Waals surface area contributed by atoms with E-state index in [1.54, 1.807) is 13.8 Å². The molecule has 164 valence electrons. The minimum Gasteiger partial charge on any atom is -0.464 e. The maximum Gasteiger partial charge on any atom is 0.251 e. The molecule has 2 N–H and O–H groups in total. The monoisotopic (exact) mass is 412 g/mol. The van der Waals surface area contributed by atoms with Gasteiger partial charge in [-0.2, -0.15) is 0 Å². The summed E-state index contributed by atoms with van der Waals surface area (Å²) in [4.78, 5) is 14.6. The van der Waals surface area contributed by atoms with E-state index in [9.17, 15) is 9.90 Å². The number of nitrogens with zero attached hydrogens (tertiary/aromatic N) is 1. The molecule has 0 bridgehead atoms. The molecule has 0 radical (unpaired) electrons. The SMILES string of the molecule is CC(C)(O)C(=O)N[C@H]1CC[C@H](CCN2CCC(c3coc4ccccc34)CC2)CC1. The lowest BCUT2D eigenvalue weighted by Crippen LogP contribution is -2.47. The number of rotatable bonds is 6. The number of hydrogen-bond acceptors (Lipinski definition) is 4. The minimum absolute atomic E-state index is 0.223. The second kappa shape index (κ2) is 9.11. The average molecular weight is 413 g/mol. The number of likely N-dealkylation sites (tertiary alicyclic amines) is 1. The predicted octanol–water partition coefficient (Wildman–Crippen LogP) is 4.45. The Morgan fingerprint density at radius 1 is 1.13 bits per heavy atom. The van der Waals surface area contributed by atoms with Gasteiger partial charge in [0.05, 0.1) is 6.26 Å². The number of carbonyl (C=O) groups is 1. The van der Waals surface area contributed by atoms with E-state index >= 15 is 0 Å². The summed E-state index contributed by atoms with van der Waals surface area (Å²) >= 11 is 0. The molecular weight excluding hydrogens is 376 g/mol. The molecule has 2 aromatic rings. The fraction of sp³-hybridized carbons (Fsp3) is 0.640. The summed E-state index contributed by atoms with van der Waals surface area (Å²) in [6, 6.07) is 8.59. The van der Waals surface area contributed by atoms with Gasteiger partial charge in [-0.3, -0.25) is 4.79 Å². The van der Waals surface area contributed by atoms with E-state index in [0.29, 0.717) is 5.92 Å². The molecule has 2 aliphatic rings. The van der Waals surface area contributed by atoms with E-state index < -0.39 is 5.60 Å². The minimum atomic E-state index is -1.29. The van der Waals surface area contributed by atoms with Crippen molar-refractivity contribution in [3.8, 4) is 0 Å². The summed E-state index contributed by atoms with van der Waals surface area (Å²) in [5, 5.41) is 14.1. The Morgan fingerprint density at radius 3 is 2.53 bits per heavy atom. The maximum atomic E-state index is 12.0. The van der Waals surface area contributed by atoms with Crippen molar-refractivity contribution >= 4 is 16.9 Å². The molecule has 0 spiro atoms. The third-order valence-corrected chi connectivity index (χ3v) is 7.13. The Bertz CT molecular complexity index is 837. The lowest BCUT2D eigenvalue weighted by molar-refractivity contribution is -0.137. The number of fused-ring (bicyclic) bond motifs is 1. The molecule has 1 aromatic heterocycles. The largest absolute Gasteiger partial charge is 0.464 e. The first-order valence-electron chi connectivity index (χ1n) is 11.6. The summed E-state index contributed by atoms with van der Waals surface area (Å²) < 4.78 is 5.75. The van der Waals surface area contributed by atoms with Crippen molar-refractivity contribution in [3.05, 3.63) is 36.1 Å². The Kier molecular flexibility index (Phi) is 6.49. The van der Waals surface area contributed by atoms with Crippen LogP contribution in [0.25, 0.3) is 11.0 Å². The zero-order valence-corrected chi connectivity index (χ0v) is 18.4. The number of aliphatic hydroxyl groups is 1. The van der Waals surface area contributed by atoms with Crippen molar-refractivity contribution in [1.82, 2.24) is 10.2 Å². The van der Waals surface area contributed by atoms with Gasteiger partial charge in [-0.15, -0.1) is 0 Å². The first-order chi connectivity index (χ1) is 14.4. The van der Waals surface area contributed by atoms with Crippen LogP contribution in [0.2, 0.25) is 0 Å². The molecule has 0 unspecified atom stereocenters. The number of carbonyl (C=O) groups excluding carboxylic acids is 1. The van der Waals surface area contributed by atoms with Gasteiger partial charge in [0.15, 0.2) is 0 Å². The van der Waals surface area contributed by atoms with Crippen molar-refractivity contribution in [1.29, 1.82) is 0 Å². The van der Waals surface area contributed by atoms with Crippen LogP contribution in [0.5, 0.6) is 0 Å². The van der Waals surface area contributed by atoms with Crippen LogP contribution < -0.4 is 5.32 Å². The Labute approximate surface area is 179 Å². The van der Waals surface area contributed by atoms with Crippen LogP contribution in [0.3, 0.4) is 0 Å². The molecular formula is C25H36N2O3. The van der Waals surface area contributed by atoms with Crippen molar-refractivity contribution in [2.45, 2.75) is 76.4 Å². The van der Waals surface area contributed by atoms with E-state index in [4.69, 9.17) is 4.42 Å². The van der Waals surface area contributed by atoms with Gasteiger partial charge in [0.2, 0.25) is 0 Å². The number of para-hydroxylation sites is 1. The normalized spacial score (nSPS) is 24.2. The Morgan fingerprint density at radius 2 is 1.83 bits per heavy atom.